The summed E-state index contributed by atoms with van der Waals surface area (Å²) in [6.45, 7) is 0. The van der Waals surface area contributed by atoms with E-state index >= 15 is 0 Å². The predicted molar refractivity (Wildman–Crippen MR) is 42.5 cm³/mol. The van der Waals surface area contributed by atoms with Crippen molar-refractivity contribution in [3.63, 3.8) is 0 Å². The third-order valence-corrected chi connectivity index (χ3v) is 2.94. The molecule has 2 aliphatic carbocycles. The van der Waals surface area contributed by atoms with Gasteiger partial charge in [0.25, 0.3) is 0 Å². The summed E-state index contributed by atoms with van der Waals surface area (Å²) in [7, 11) is 0. The van der Waals surface area contributed by atoms with E-state index in [-0.39, 0.29) is 29.6 Å². The van der Waals surface area contributed by atoms with Gasteiger partial charge in [0.1, 0.15) is 0 Å². The number of nitrogens with two attached hydrogens (primary N) is 1. The number of carbonyl (C=O) groups excluding carboxylic acids is 1. The van der Waals surface area contributed by atoms with Crippen LogP contribution in [0.3, 0.4) is 0 Å². The van der Waals surface area contributed by atoms with Crippen molar-refractivity contribution in [3.05, 3.63) is 12.2 Å². The topological polar surface area (TPSA) is 66.9 Å². The van der Waals surface area contributed by atoms with Crippen LogP contribution in [0.4, 0.5) is 0 Å². The summed E-state index contributed by atoms with van der Waals surface area (Å²) in [5, 5.41) is 8.82. The van der Waals surface area contributed by atoms with Crippen LogP contribution >= 0.6 is 0 Å². The van der Waals surface area contributed by atoms with E-state index in [1.54, 1.807) is 0 Å². The first-order valence-electron chi connectivity index (χ1n) is 4.11. The fourth-order valence-electron chi connectivity index (χ4n) is 2.39. The number of nitrogens with zero attached hydrogens (tertiary/aromatic N) is 1. The van der Waals surface area contributed by atoms with Gasteiger partial charge in [-0.05, 0) is 18.3 Å². The number of hydrogen-bond acceptors (Lipinski definition) is 2. The number of amides is 1. The third-order valence-electron chi connectivity index (χ3n) is 2.94. The predicted octanol–water partition coefficient (Wildman–Crippen LogP) is 0.434. The van der Waals surface area contributed by atoms with Gasteiger partial charge < -0.3 is 5.73 Å². The first kappa shape index (κ1) is 7.35. The molecule has 2 N–H and O–H groups in total. The first-order chi connectivity index (χ1) is 5.74. The second-order valence-electron chi connectivity index (χ2n) is 3.53. The van der Waals surface area contributed by atoms with Gasteiger partial charge in [0.15, 0.2) is 0 Å². The molecule has 0 aromatic heterocycles. The number of allylic oxidation sites excluding steroid dienone is 2. The minimum atomic E-state index is -0.321. The second kappa shape index (κ2) is 2.34. The van der Waals surface area contributed by atoms with Gasteiger partial charge in [-0.15, -0.1) is 0 Å². The first-order valence-corrected chi connectivity index (χ1v) is 4.11. The Labute approximate surface area is 70.9 Å². The molecule has 3 heteroatoms. The number of fused-ring (bicyclic) bond motifs is 2. The summed E-state index contributed by atoms with van der Waals surface area (Å²) in [6.07, 6.45) is 5.00. The van der Waals surface area contributed by atoms with Gasteiger partial charge in [0.2, 0.25) is 5.91 Å². The van der Waals surface area contributed by atoms with Crippen LogP contribution in [0.15, 0.2) is 12.2 Å². The second-order valence-corrected chi connectivity index (χ2v) is 3.53. The Hall–Kier alpha value is -1.30. The van der Waals surface area contributed by atoms with Crippen LogP contribution in [-0.2, 0) is 4.79 Å². The Balaban J connectivity index is 2.30. The van der Waals surface area contributed by atoms with Crippen molar-refractivity contribution in [3.8, 4) is 6.07 Å². The highest BCUT2D eigenvalue weighted by Crippen LogP contribution is 2.47. The molecule has 2 rings (SSSR count). The highest BCUT2D eigenvalue weighted by atomic mass is 16.1. The molecule has 0 aliphatic heterocycles. The monoisotopic (exact) mass is 162 g/mol. The van der Waals surface area contributed by atoms with Crippen molar-refractivity contribution in [1.29, 1.82) is 5.26 Å². The Kier molecular flexibility index (Phi) is 1.44. The lowest BCUT2D eigenvalue weighted by molar-refractivity contribution is -0.123. The molecule has 0 aromatic carbocycles. The zero-order valence-electron chi connectivity index (χ0n) is 6.60. The summed E-state index contributed by atoms with van der Waals surface area (Å²) < 4.78 is 0. The Morgan fingerprint density at radius 3 is 2.67 bits per heavy atom. The molecular weight excluding hydrogens is 152 g/mol. The average Bonchev–Trinajstić information content (AvgIpc) is 2.60. The van der Waals surface area contributed by atoms with Gasteiger partial charge in [0.05, 0.1) is 17.9 Å². The van der Waals surface area contributed by atoms with E-state index in [9.17, 15) is 4.79 Å². The zero-order valence-corrected chi connectivity index (χ0v) is 6.60. The maximum Gasteiger partial charge on any atom is 0.222 e. The number of rotatable bonds is 1. The smallest absolute Gasteiger partial charge is 0.222 e. The Bertz CT molecular complexity index is 289. The van der Waals surface area contributed by atoms with Gasteiger partial charge >= 0.3 is 0 Å². The van der Waals surface area contributed by atoms with Crippen molar-refractivity contribution >= 4 is 5.91 Å². The molecule has 1 saturated carbocycles. The summed E-state index contributed by atoms with van der Waals surface area (Å²) in [5.74, 6) is -0.212. The molecule has 0 saturated heterocycles. The van der Waals surface area contributed by atoms with Crippen molar-refractivity contribution in [1.82, 2.24) is 0 Å². The maximum atomic E-state index is 11.0. The van der Waals surface area contributed by atoms with Gasteiger partial charge in [-0.3, -0.25) is 4.79 Å². The van der Waals surface area contributed by atoms with Crippen molar-refractivity contribution in [2.45, 2.75) is 6.42 Å². The molecule has 1 amide bonds. The van der Waals surface area contributed by atoms with Crippen molar-refractivity contribution in [2.24, 2.45) is 29.4 Å². The van der Waals surface area contributed by atoms with Gasteiger partial charge in [-0.2, -0.15) is 5.26 Å². The molecule has 0 spiro atoms. The molecule has 0 unspecified atom stereocenters. The van der Waals surface area contributed by atoms with E-state index in [1.807, 2.05) is 12.2 Å². The van der Waals surface area contributed by atoms with Crippen molar-refractivity contribution in [2.75, 3.05) is 0 Å². The molecule has 2 bridgehead atoms. The average molecular weight is 162 g/mol. The van der Waals surface area contributed by atoms with Gasteiger partial charge in [-0.25, -0.2) is 0 Å². The highest BCUT2D eigenvalue weighted by Gasteiger charge is 2.47. The SMILES string of the molecule is N#C[C@@H]1[C@@H](C(N)=O)[C@@H]2C=C[C@H]1C2. The van der Waals surface area contributed by atoms with Gasteiger partial charge in [-0.1, -0.05) is 12.2 Å². The number of primary amides is 1. The van der Waals surface area contributed by atoms with Crippen LogP contribution in [0, 0.1) is 35.0 Å². The lowest BCUT2D eigenvalue weighted by atomic mass is 9.84. The standard InChI is InChI=1S/C9H10N2O/c10-4-7-5-1-2-6(3-5)8(7)9(11)12/h1-2,5-8H,3H2,(H2,11,12)/t5-,6+,7-,8-/m0/s1. The highest BCUT2D eigenvalue weighted by molar-refractivity contribution is 5.79. The summed E-state index contributed by atoms with van der Waals surface area (Å²) >= 11 is 0. The van der Waals surface area contributed by atoms with Crippen LogP contribution in [0.5, 0.6) is 0 Å². The number of nitriles is 1. The summed E-state index contributed by atoms with van der Waals surface area (Å²) in [5.41, 5.74) is 5.23. The fraction of sp³-hybridized carbons (Fsp3) is 0.556. The summed E-state index contributed by atoms with van der Waals surface area (Å²) in [6, 6.07) is 2.17. The van der Waals surface area contributed by atoms with E-state index in [0.29, 0.717) is 0 Å². The van der Waals surface area contributed by atoms with E-state index in [1.165, 1.54) is 0 Å². The van der Waals surface area contributed by atoms with E-state index in [2.05, 4.69) is 6.07 Å². The normalized spacial score (nSPS) is 42.9. The molecule has 1 fully saturated rings. The van der Waals surface area contributed by atoms with E-state index in [0.717, 1.165) is 6.42 Å². The third kappa shape index (κ3) is 0.781. The van der Waals surface area contributed by atoms with Crippen LogP contribution in [0.1, 0.15) is 6.42 Å². The van der Waals surface area contributed by atoms with Crippen molar-refractivity contribution < 1.29 is 4.79 Å². The quantitative estimate of drug-likeness (QED) is 0.568. The number of hydrogen-bond donors (Lipinski definition) is 1. The Morgan fingerprint density at radius 1 is 1.50 bits per heavy atom. The minimum Gasteiger partial charge on any atom is -0.369 e. The maximum absolute atomic E-state index is 11.0. The lowest BCUT2D eigenvalue weighted by Crippen LogP contribution is -2.32. The van der Waals surface area contributed by atoms with E-state index in [4.69, 9.17) is 11.0 Å². The van der Waals surface area contributed by atoms with Gasteiger partial charge in [0, 0.05) is 0 Å². The number of carbonyl (C=O) groups is 1. The molecular formula is C9H10N2O. The van der Waals surface area contributed by atoms with Crippen LogP contribution in [0.2, 0.25) is 0 Å². The molecule has 3 nitrogen and oxygen atoms in total. The van der Waals surface area contributed by atoms with Crippen LogP contribution < -0.4 is 5.73 Å². The minimum absolute atomic E-state index is 0.169. The molecule has 0 heterocycles. The fourth-order valence-corrected chi connectivity index (χ4v) is 2.39. The molecule has 12 heavy (non-hydrogen) atoms. The zero-order chi connectivity index (χ0) is 8.72. The lowest BCUT2D eigenvalue weighted by Gasteiger charge is -2.18. The Morgan fingerprint density at radius 2 is 2.17 bits per heavy atom. The van der Waals surface area contributed by atoms with Crippen LogP contribution in [0.25, 0.3) is 0 Å². The molecule has 4 atom stereocenters. The molecule has 0 aromatic rings. The largest absolute Gasteiger partial charge is 0.369 e. The van der Waals surface area contributed by atoms with E-state index < -0.39 is 0 Å². The molecule has 2 aliphatic rings. The molecule has 0 radical (unpaired) electrons. The summed E-state index contributed by atoms with van der Waals surface area (Å²) in [4.78, 5) is 11.0. The van der Waals surface area contributed by atoms with Crippen LogP contribution in [-0.4, -0.2) is 5.91 Å². The molecule has 62 valence electrons.